The minimum Gasteiger partial charge on any atom is -0.445 e. The molecule has 1 unspecified atom stereocenters. The number of hydrogen-bond donors (Lipinski definition) is 1. The van der Waals surface area contributed by atoms with Gasteiger partial charge in [0.15, 0.2) is 5.82 Å². The molecular weight excluding hydrogens is 410 g/mol. The SMILES string of the molecule is Nc1nccn2c(C3CCCN(C(=O)OCc4ccccc4)C3)nc(Br)c12. The third kappa shape index (κ3) is 3.62. The molecule has 1 saturated heterocycles. The molecule has 3 heterocycles. The highest BCUT2D eigenvalue weighted by Gasteiger charge is 2.29. The second kappa shape index (κ2) is 7.56. The quantitative estimate of drug-likeness (QED) is 0.687. The second-order valence-corrected chi connectivity index (χ2v) is 7.37. The van der Waals surface area contributed by atoms with Crippen LogP contribution in [-0.2, 0) is 11.3 Å². The number of nitrogens with two attached hydrogens (primary N) is 1. The number of amides is 1. The van der Waals surface area contributed by atoms with Crippen LogP contribution < -0.4 is 5.73 Å². The van der Waals surface area contributed by atoms with Crippen molar-refractivity contribution in [3.63, 3.8) is 0 Å². The number of likely N-dealkylation sites (tertiary alicyclic amines) is 1. The molecule has 27 heavy (non-hydrogen) atoms. The molecule has 8 heteroatoms. The number of piperidine rings is 1. The first-order valence-corrected chi connectivity index (χ1v) is 9.66. The Bertz CT molecular complexity index is 959. The highest BCUT2D eigenvalue weighted by Crippen LogP contribution is 2.31. The number of imidazole rings is 1. The standard InChI is InChI=1S/C19H20BrN5O2/c20-16-15-17(21)22-8-10-25(15)18(23-16)14-7-4-9-24(11-14)19(26)27-12-13-5-2-1-3-6-13/h1-3,5-6,8,10,14H,4,7,9,11-12H2,(H2,21,22). The summed E-state index contributed by atoms with van der Waals surface area (Å²) in [4.78, 5) is 23.0. The summed E-state index contributed by atoms with van der Waals surface area (Å²) in [5, 5.41) is 0. The summed E-state index contributed by atoms with van der Waals surface area (Å²) in [6, 6.07) is 9.69. The van der Waals surface area contributed by atoms with Crippen molar-refractivity contribution in [1.29, 1.82) is 0 Å². The molecule has 0 radical (unpaired) electrons. The first-order chi connectivity index (χ1) is 13.1. The van der Waals surface area contributed by atoms with Gasteiger partial charge in [0.1, 0.15) is 22.6 Å². The van der Waals surface area contributed by atoms with Crippen LogP contribution in [0.2, 0.25) is 0 Å². The van der Waals surface area contributed by atoms with Crippen LogP contribution in [0.3, 0.4) is 0 Å². The number of fused-ring (bicyclic) bond motifs is 1. The number of halogens is 1. The van der Waals surface area contributed by atoms with E-state index in [1.807, 2.05) is 40.9 Å². The predicted octanol–water partition coefficient (Wildman–Crippen LogP) is 3.59. The molecule has 1 fully saturated rings. The normalized spacial score (nSPS) is 17.2. The first kappa shape index (κ1) is 17.8. The van der Waals surface area contributed by atoms with Gasteiger partial charge in [-0.3, -0.25) is 4.40 Å². The lowest BCUT2D eigenvalue weighted by Crippen LogP contribution is -2.39. The second-order valence-electron chi connectivity index (χ2n) is 6.62. The molecule has 0 saturated carbocycles. The van der Waals surface area contributed by atoms with E-state index in [1.165, 1.54) is 0 Å². The van der Waals surface area contributed by atoms with Crippen molar-refractivity contribution in [2.45, 2.75) is 25.4 Å². The minimum atomic E-state index is -0.287. The Hall–Kier alpha value is -2.61. The maximum absolute atomic E-state index is 12.5. The maximum atomic E-state index is 12.5. The van der Waals surface area contributed by atoms with Gasteiger partial charge in [-0.1, -0.05) is 30.3 Å². The lowest BCUT2D eigenvalue weighted by molar-refractivity contribution is 0.0853. The predicted molar refractivity (Wildman–Crippen MR) is 105 cm³/mol. The van der Waals surface area contributed by atoms with Gasteiger partial charge in [0, 0.05) is 31.4 Å². The molecule has 0 bridgehead atoms. The summed E-state index contributed by atoms with van der Waals surface area (Å²) in [6.07, 6.45) is 5.08. The third-order valence-corrected chi connectivity index (χ3v) is 5.37. The smallest absolute Gasteiger partial charge is 0.410 e. The number of rotatable bonds is 3. The zero-order valence-corrected chi connectivity index (χ0v) is 16.3. The number of hydrogen-bond acceptors (Lipinski definition) is 5. The highest BCUT2D eigenvalue weighted by molar-refractivity contribution is 9.10. The van der Waals surface area contributed by atoms with Crippen molar-refractivity contribution in [1.82, 2.24) is 19.3 Å². The summed E-state index contributed by atoms with van der Waals surface area (Å²) >= 11 is 3.47. The summed E-state index contributed by atoms with van der Waals surface area (Å²) in [6.45, 7) is 1.54. The van der Waals surface area contributed by atoms with Gasteiger partial charge in [-0.15, -0.1) is 0 Å². The monoisotopic (exact) mass is 429 g/mol. The van der Waals surface area contributed by atoms with Crippen molar-refractivity contribution < 1.29 is 9.53 Å². The number of carbonyl (C=O) groups is 1. The van der Waals surface area contributed by atoms with E-state index in [0.717, 1.165) is 29.7 Å². The lowest BCUT2D eigenvalue weighted by atomic mass is 9.97. The van der Waals surface area contributed by atoms with Gasteiger partial charge < -0.3 is 15.4 Å². The minimum absolute atomic E-state index is 0.114. The Kier molecular flexibility index (Phi) is 4.98. The fourth-order valence-electron chi connectivity index (χ4n) is 3.50. The topological polar surface area (TPSA) is 85.8 Å². The van der Waals surface area contributed by atoms with Crippen LogP contribution in [0.25, 0.3) is 5.52 Å². The molecule has 1 atom stereocenters. The van der Waals surface area contributed by atoms with Gasteiger partial charge in [-0.25, -0.2) is 14.8 Å². The third-order valence-electron chi connectivity index (χ3n) is 4.82. The van der Waals surface area contributed by atoms with E-state index in [1.54, 1.807) is 11.1 Å². The molecule has 4 rings (SSSR count). The molecule has 0 spiro atoms. The average molecular weight is 430 g/mol. The molecular formula is C19H20BrN5O2. The maximum Gasteiger partial charge on any atom is 0.410 e. The van der Waals surface area contributed by atoms with Crippen LogP contribution >= 0.6 is 15.9 Å². The molecule has 1 aromatic carbocycles. The largest absolute Gasteiger partial charge is 0.445 e. The Labute approximate surface area is 165 Å². The van der Waals surface area contributed by atoms with E-state index in [0.29, 0.717) is 23.5 Å². The summed E-state index contributed by atoms with van der Waals surface area (Å²) in [5.74, 6) is 1.42. The molecule has 3 aromatic rings. The zero-order chi connectivity index (χ0) is 18.8. The molecule has 1 amide bonds. The van der Waals surface area contributed by atoms with Crippen LogP contribution in [0.5, 0.6) is 0 Å². The number of ether oxygens (including phenoxy) is 1. The average Bonchev–Trinajstić information content (AvgIpc) is 3.05. The van der Waals surface area contributed by atoms with E-state index in [-0.39, 0.29) is 18.6 Å². The number of carbonyl (C=O) groups excluding carboxylic acids is 1. The summed E-state index contributed by atoms with van der Waals surface area (Å²) in [5.41, 5.74) is 7.72. The van der Waals surface area contributed by atoms with Crippen molar-refractivity contribution >= 4 is 33.4 Å². The van der Waals surface area contributed by atoms with Gasteiger partial charge in [-0.05, 0) is 34.3 Å². The number of anilines is 1. The van der Waals surface area contributed by atoms with Gasteiger partial charge in [0.2, 0.25) is 0 Å². The van der Waals surface area contributed by atoms with Crippen LogP contribution in [0, 0.1) is 0 Å². The van der Waals surface area contributed by atoms with Gasteiger partial charge >= 0.3 is 6.09 Å². The van der Waals surface area contributed by atoms with E-state index in [9.17, 15) is 4.79 Å². The van der Waals surface area contributed by atoms with E-state index < -0.39 is 0 Å². The Morgan fingerprint density at radius 2 is 2.15 bits per heavy atom. The van der Waals surface area contributed by atoms with Crippen molar-refractivity contribution in [2.75, 3.05) is 18.8 Å². The lowest BCUT2D eigenvalue weighted by Gasteiger charge is -2.31. The molecule has 140 valence electrons. The van der Waals surface area contributed by atoms with Crippen molar-refractivity contribution in [2.24, 2.45) is 0 Å². The molecule has 1 aliphatic rings. The van der Waals surface area contributed by atoms with Crippen molar-refractivity contribution in [3.05, 3.63) is 58.7 Å². The number of aromatic nitrogens is 3. The van der Waals surface area contributed by atoms with Crippen LogP contribution in [0.1, 0.15) is 30.1 Å². The van der Waals surface area contributed by atoms with Crippen LogP contribution in [-0.4, -0.2) is 38.5 Å². The fourth-order valence-corrected chi connectivity index (χ4v) is 4.07. The van der Waals surface area contributed by atoms with Crippen LogP contribution in [0.15, 0.2) is 47.3 Å². The summed E-state index contributed by atoms with van der Waals surface area (Å²) < 4.78 is 8.11. The molecule has 2 aromatic heterocycles. The van der Waals surface area contributed by atoms with E-state index >= 15 is 0 Å². The number of benzene rings is 1. The zero-order valence-electron chi connectivity index (χ0n) is 14.7. The highest BCUT2D eigenvalue weighted by atomic mass is 79.9. The molecule has 2 N–H and O–H groups in total. The molecule has 1 aliphatic heterocycles. The van der Waals surface area contributed by atoms with Gasteiger partial charge in [0.05, 0.1) is 0 Å². The summed E-state index contributed by atoms with van der Waals surface area (Å²) in [7, 11) is 0. The van der Waals surface area contributed by atoms with Gasteiger partial charge in [-0.2, -0.15) is 0 Å². The molecule has 0 aliphatic carbocycles. The fraction of sp³-hybridized carbons (Fsp3) is 0.316. The van der Waals surface area contributed by atoms with Crippen molar-refractivity contribution in [3.8, 4) is 0 Å². The number of nitrogens with zero attached hydrogens (tertiary/aromatic N) is 4. The Morgan fingerprint density at radius 3 is 2.96 bits per heavy atom. The van der Waals surface area contributed by atoms with E-state index in [2.05, 4.69) is 25.9 Å². The number of nitrogen functional groups attached to an aromatic ring is 1. The molecule has 7 nitrogen and oxygen atoms in total. The van der Waals surface area contributed by atoms with Crippen LogP contribution in [0.4, 0.5) is 10.6 Å². The Morgan fingerprint density at radius 1 is 1.33 bits per heavy atom. The Balaban J connectivity index is 1.48. The van der Waals surface area contributed by atoms with E-state index in [4.69, 9.17) is 10.5 Å². The first-order valence-electron chi connectivity index (χ1n) is 8.87. The van der Waals surface area contributed by atoms with Gasteiger partial charge in [0.25, 0.3) is 0 Å².